The molecule has 126 valence electrons. The van der Waals surface area contributed by atoms with Crippen molar-refractivity contribution in [2.45, 2.75) is 33.4 Å². The van der Waals surface area contributed by atoms with Crippen molar-refractivity contribution in [3.63, 3.8) is 0 Å². The maximum atomic E-state index is 12.0. The zero-order valence-electron chi connectivity index (χ0n) is 13.5. The van der Waals surface area contributed by atoms with Gasteiger partial charge in [-0.2, -0.15) is 0 Å². The Morgan fingerprint density at radius 2 is 1.95 bits per heavy atom. The van der Waals surface area contributed by atoms with Crippen molar-refractivity contribution in [1.29, 1.82) is 0 Å². The minimum Gasteiger partial charge on any atom is -0.379 e. The Balaban J connectivity index is 0.00000441. The van der Waals surface area contributed by atoms with Gasteiger partial charge in [-0.3, -0.25) is 4.79 Å². The van der Waals surface area contributed by atoms with Crippen molar-refractivity contribution in [2.24, 2.45) is 11.7 Å². The normalized spacial score (nSPS) is 13.1. The smallest absolute Gasteiger partial charge is 0.228 e. The Kier molecular flexibility index (Phi) is 10.8. The molecule has 0 heterocycles. The number of hydrogen-bond acceptors (Lipinski definition) is 4. The van der Waals surface area contributed by atoms with Gasteiger partial charge < -0.3 is 20.5 Å². The van der Waals surface area contributed by atoms with E-state index in [2.05, 4.69) is 5.32 Å². The van der Waals surface area contributed by atoms with Gasteiger partial charge in [0, 0.05) is 18.3 Å². The Morgan fingerprint density at radius 1 is 1.27 bits per heavy atom. The van der Waals surface area contributed by atoms with E-state index in [-0.39, 0.29) is 30.3 Å². The first-order chi connectivity index (χ1) is 10.0. The number of amides is 1. The molecule has 3 N–H and O–H groups in total. The molecule has 0 aliphatic rings. The lowest BCUT2D eigenvalue weighted by Crippen LogP contribution is -2.34. The van der Waals surface area contributed by atoms with Crippen molar-refractivity contribution in [3.05, 3.63) is 29.8 Å². The minimum absolute atomic E-state index is 0. The topological polar surface area (TPSA) is 73.6 Å². The van der Waals surface area contributed by atoms with Crippen molar-refractivity contribution in [2.75, 3.05) is 25.1 Å². The van der Waals surface area contributed by atoms with Crippen LogP contribution in [-0.2, 0) is 20.9 Å². The van der Waals surface area contributed by atoms with E-state index < -0.39 is 0 Å². The number of benzene rings is 1. The molecule has 22 heavy (non-hydrogen) atoms. The van der Waals surface area contributed by atoms with E-state index in [1.54, 1.807) is 0 Å². The summed E-state index contributed by atoms with van der Waals surface area (Å²) in [6, 6.07) is 7.45. The SMILES string of the molecule is CCOCCOCc1cccc(NC(=O)C(C)C(C)N)c1.Cl. The average Bonchev–Trinajstić information content (AvgIpc) is 2.46. The van der Waals surface area contributed by atoms with Crippen LogP contribution in [-0.4, -0.2) is 31.8 Å². The van der Waals surface area contributed by atoms with Crippen LogP contribution in [0.3, 0.4) is 0 Å². The van der Waals surface area contributed by atoms with E-state index in [1.165, 1.54) is 0 Å². The number of carbonyl (C=O) groups excluding carboxylic acids is 1. The predicted octanol–water partition coefficient (Wildman–Crippen LogP) is 2.58. The standard InChI is InChI=1S/C16H26N2O3.ClH/c1-4-20-8-9-21-11-14-6-5-7-15(10-14)18-16(19)12(2)13(3)17;/h5-7,10,12-13H,4,8-9,11,17H2,1-3H3,(H,18,19);1H. The molecule has 6 heteroatoms. The fourth-order valence-corrected chi connectivity index (χ4v) is 1.69. The summed E-state index contributed by atoms with van der Waals surface area (Å²) in [5.41, 5.74) is 7.51. The Hall–Kier alpha value is -1.14. The number of ether oxygens (including phenoxy) is 2. The van der Waals surface area contributed by atoms with Gasteiger partial charge in [0.05, 0.1) is 25.7 Å². The number of rotatable bonds is 9. The summed E-state index contributed by atoms with van der Waals surface area (Å²) in [6.07, 6.45) is 0. The maximum absolute atomic E-state index is 12.0. The second-order valence-electron chi connectivity index (χ2n) is 5.09. The summed E-state index contributed by atoms with van der Waals surface area (Å²) < 4.78 is 10.7. The Bertz CT molecular complexity index is 441. The molecule has 0 aromatic heterocycles. The summed E-state index contributed by atoms with van der Waals surface area (Å²) in [7, 11) is 0. The van der Waals surface area contributed by atoms with Crippen LogP contribution < -0.4 is 11.1 Å². The molecule has 2 unspecified atom stereocenters. The lowest BCUT2D eigenvalue weighted by atomic mass is 10.0. The van der Waals surface area contributed by atoms with E-state index in [4.69, 9.17) is 15.2 Å². The molecule has 0 saturated carbocycles. The number of anilines is 1. The highest BCUT2D eigenvalue weighted by Crippen LogP contribution is 2.13. The summed E-state index contributed by atoms with van der Waals surface area (Å²) in [5.74, 6) is -0.296. The molecule has 0 aliphatic heterocycles. The monoisotopic (exact) mass is 330 g/mol. The molecule has 5 nitrogen and oxygen atoms in total. The van der Waals surface area contributed by atoms with E-state index in [0.717, 1.165) is 11.3 Å². The maximum Gasteiger partial charge on any atom is 0.228 e. The second-order valence-corrected chi connectivity index (χ2v) is 5.09. The predicted molar refractivity (Wildman–Crippen MR) is 91.3 cm³/mol. The van der Waals surface area contributed by atoms with Gasteiger partial charge in [-0.25, -0.2) is 0 Å². The molecule has 0 aliphatic carbocycles. The van der Waals surface area contributed by atoms with Crippen LogP contribution in [0, 0.1) is 5.92 Å². The number of carbonyl (C=O) groups is 1. The third kappa shape index (κ3) is 7.75. The van der Waals surface area contributed by atoms with E-state index in [0.29, 0.717) is 26.4 Å². The van der Waals surface area contributed by atoms with Crippen molar-refractivity contribution < 1.29 is 14.3 Å². The van der Waals surface area contributed by atoms with Crippen LogP contribution in [0.25, 0.3) is 0 Å². The van der Waals surface area contributed by atoms with Gasteiger partial charge in [-0.15, -0.1) is 12.4 Å². The highest BCUT2D eigenvalue weighted by Gasteiger charge is 2.16. The first-order valence-corrected chi connectivity index (χ1v) is 7.35. The molecule has 1 amide bonds. The van der Waals surface area contributed by atoms with Crippen LogP contribution in [0.5, 0.6) is 0 Å². The number of halogens is 1. The summed E-state index contributed by atoms with van der Waals surface area (Å²) in [5, 5.41) is 2.87. The molecular formula is C16H27ClN2O3. The average molecular weight is 331 g/mol. The summed E-state index contributed by atoms with van der Waals surface area (Å²) in [4.78, 5) is 12.0. The molecule has 0 bridgehead atoms. The van der Waals surface area contributed by atoms with Crippen LogP contribution >= 0.6 is 12.4 Å². The first kappa shape index (κ1) is 20.9. The van der Waals surface area contributed by atoms with Gasteiger partial charge in [0.2, 0.25) is 5.91 Å². The van der Waals surface area contributed by atoms with Crippen molar-refractivity contribution in [3.8, 4) is 0 Å². The van der Waals surface area contributed by atoms with E-state index in [9.17, 15) is 4.79 Å². The van der Waals surface area contributed by atoms with Crippen molar-refractivity contribution in [1.82, 2.24) is 0 Å². The van der Waals surface area contributed by atoms with Crippen LogP contribution in [0.4, 0.5) is 5.69 Å². The van der Waals surface area contributed by atoms with Gasteiger partial charge in [0.15, 0.2) is 0 Å². The summed E-state index contributed by atoms with van der Waals surface area (Å²) >= 11 is 0. The van der Waals surface area contributed by atoms with Crippen LogP contribution in [0.15, 0.2) is 24.3 Å². The number of hydrogen-bond donors (Lipinski definition) is 2. The molecule has 0 radical (unpaired) electrons. The van der Waals surface area contributed by atoms with Gasteiger partial charge in [0.25, 0.3) is 0 Å². The number of nitrogens with one attached hydrogen (secondary N) is 1. The first-order valence-electron chi connectivity index (χ1n) is 7.35. The third-order valence-electron chi connectivity index (χ3n) is 3.24. The summed E-state index contributed by atoms with van der Waals surface area (Å²) in [6.45, 7) is 7.95. The zero-order valence-corrected chi connectivity index (χ0v) is 14.3. The lowest BCUT2D eigenvalue weighted by Gasteiger charge is -2.15. The molecule has 1 aromatic carbocycles. The quantitative estimate of drug-likeness (QED) is 0.682. The highest BCUT2D eigenvalue weighted by molar-refractivity contribution is 5.92. The molecular weight excluding hydrogens is 304 g/mol. The Labute approximate surface area is 139 Å². The number of nitrogens with two attached hydrogens (primary N) is 1. The zero-order chi connectivity index (χ0) is 15.7. The molecule has 1 aromatic rings. The largest absolute Gasteiger partial charge is 0.379 e. The van der Waals surface area contributed by atoms with Crippen LogP contribution in [0.2, 0.25) is 0 Å². The van der Waals surface area contributed by atoms with Gasteiger partial charge >= 0.3 is 0 Å². The van der Waals surface area contributed by atoms with E-state index >= 15 is 0 Å². The fraction of sp³-hybridized carbons (Fsp3) is 0.562. The van der Waals surface area contributed by atoms with Gasteiger partial charge in [-0.1, -0.05) is 19.1 Å². The van der Waals surface area contributed by atoms with Crippen LogP contribution in [0.1, 0.15) is 26.3 Å². The molecule has 0 saturated heterocycles. The van der Waals surface area contributed by atoms with Crippen molar-refractivity contribution >= 4 is 24.0 Å². The Morgan fingerprint density at radius 3 is 2.59 bits per heavy atom. The lowest BCUT2D eigenvalue weighted by molar-refractivity contribution is -0.119. The third-order valence-corrected chi connectivity index (χ3v) is 3.24. The molecule has 1 rings (SSSR count). The van der Waals surface area contributed by atoms with E-state index in [1.807, 2.05) is 45.0 Å². The molecule has 0 spiro atoms. The minimum atomic E-state index is -0.226. The highest BCUT2D eigenvalue weighted by atomic mass is 35.5. The second kappa shape index (κ2) is 11.4. The molecule has 0 fully saturated rings. The van der Waals surface area contributed by atoms with Gasteiger partial charge in [-0.05, 0) is 31.5 Å². The fourth-order valence-electron chi connectivity index (χ4n) is 1.69. The molecule has 2 atom stereocenters. The van der Waals surface area contributed by atoms with Gasteiger partial charge in [0.1, 0.15) is 0 Å².